The average Bonchev–Trinajstić information content (AvgIpc) is 2.66. The summed E-state index contributed by atoms with van der Waals surface area (Å²) in [5.74, 6) is 0. The molecule has 0 saturated carbocycles. The molecule has 0 unspecified atom stereocenters. The molecule has 2 nitrogen and oxygen atoms in total. The van der Waals surface area contributed by atoms with Crippen molar-refractivity contribution in [1.29, 1.82) is 0 Å². The van der Waals surface area contributed by atoms with Gasteiger partial charge in [0.25, 0.3) is 0 Å². The van der Waals surface area contributed by atoms with E-state index in [0.29, 0.717) is 0 Å². The minimum atomic E-state index is -10.7. The fourth-order valence-corrected chi connectivity index (χ4v) is 2.08. The van der Waals surface area contributed by atoms with Crippen molar-refractivity contribution in [2.24, 2.45) is 0 Å². The average molecular weight is 348 g/mol. The van der Waals surface area contributed by atoms with Crippen LogP contribution in [0.3, 0.4) is 0 Å². The summed E-state index contributed by atoms with van der Waals surface area (Å²) in [5.41, 5.74) is 2.71. The number of aromatic nitrogens is 2. The monoisotopic (exact) mass is 348 g/mol. The molecule has 0 spiro atoms. The Kier molecular flexibility index (Phi) is 4.88. The summed E-state index contributed by atoms with van der Waals surface area (Å²) in [4.78, 5) is 0. The Morgan fingerprint density at radius 3 is 2.00 bits per heavy atom. The molecule has 2 aromatic rings. The van der Waals surface area contributed by atoms with Crippen LogP contribution in [0.25, 0.3) is 11.0 Å². The first-order chi connectivity index (χ1) is 9.81. The number of aryl methyl sites for hydroxylation is 2. The molecule has 0 bridgehead atoms. The molecule has 0 radical (unpaired) electrons. The van der Waals surface area contributed by atoms with E-state index in [0.717, 1.165) is 13.1 Å². The van der Waals surface area contributed by atoms with Crippen molar-refractivity contribution in [3.8, 4) is 0 Å². The summed E-state index contributed by atoms with van der Waals surface area (Å²) in [6.45, 7) is 6.66. The summed E-state index contributed by atoms with van der Waals surface area (Å²) in [6, 6.07) is 8.64. The maximum absolute atomic E-state index is 10.7. The number of halogens is 6. The van der Waals surface area contributed by atoms with Crippen LogP contribution in [0, 0.1) is 0 Å². The van der Waals surface area contributed by atoms with E-state index >= 15 is 0 Å². The van der Waals surface area contributed by atoms with E-state index in [9.17, 15) is 25.2 Å². The van der Waals surface area contributed by atoms with Crippen LogP contribution in [-0.4, -0.2) is 4.57 Å². The van der Waals surface area contributed by atoms with Crippen LogP contribution < -0.4 is 4.57 Å². The normalized spacial score (nSPS) is 14.9. The van der Waals surface area contributed by atoms with Crippen LogP contribution in [0.5, 0.6) is 0 Å². The molecular weight excluding hydrogens is 329 g/mol. The van der Waals surface area contributed by atoms with Crippen molar-refractivity contribution in [2.75, 3.05) is 0 Å². The summed E-state index contributed by atoms with van der Waals surface area (Å²) in [7, 11) is -10.7. The molecule has 0 amide bonds. The van der Waals surface area contributed by atoms with Gasteiger partial charge in [0.05, 0.1) is 13.1 Å². The number of hydrogen-bond acceptors (Lipinski definition) is 0. The Hall–Kier alpha value is -1.30. The SMILES string of the molecule is CCCn1c[n+](CCC)c2ccccc21.F[P-](F)(F)(F)(F)F. The third kappa shape index (κ3) is 7.64. The number of nitrogens with zero attached hydrogens (tertiary/aromatic N) is 2. The van der Waals surface area contributed by atoms with Gasteiger partial charge in [-0.3, -0.25) is 0 Å². The van der Waals surface area contributed by atoms with Crippen LogP contribution in [0.2, 0.25) is 0 Å². The Morgan fingerprint density at radius 1 is 0.955 bits per heavy atom. The van der Waals surface area contributed by atoms with Crippen molar-refractivity contribution in [2.45, 2.75) is 39.8 Å². The van der Waals surface area contributed by atoms with Crippen LogP contribution >= 0.6 is 7.81 Å². The van der Waals surface area contributed by atoms with E-state index in [4.69, 9.17) is 0 Å². The van der Waals surface area contributed by atoms with Crippen molar-refractivity contribution in [1.82, 2.24) is 4.57 Å². The Labute approximate surface area is 124 Å². The second-order valence-electron chi connectivity index (χ2n) is 4.95. The van der Waals surface area contributed by atoms with Crippen molar-refractivity contribution in [3.05, 3.63) is 30.6 Å². The molecule has 0 aliphatic carbocycles. The first-order valence-electron chi connectivity index (χ1n) is 6.85. The molecule has 0 saturated heterocycles. The molecule has 22 heavy (non-hydrogen) atoms. The zero-order valence-electron chi connectivity index (χ0n) is 12.3. The van der Waals surface area contributed by atoms with E-state index in [1.807, 2.05) is 0 Å². The van der Waals surface area contributed by atoms with Crippen molar-refractivity contribution < 1.29 is 29.7 Å². The van der Waals surface area contributed by atoms with Gasteiger partial charge >= 0.3 is 33.0 Å². The number of rotatable bonds is 4. The van der Waals surface area contributed by atoms with E-state index in [-0.39, 0.29) is 0 Å². The minimum absolute atomic E-state index is 1.11. The molecule has 0 atom stereocenters. The van der Waals surface area contributed by atoms with Gasteiger partial charge in [-0.1, -0.05) is 26.0 Å². The number of para-hydroxylation sites is 2. The fraction of sp³-hybridized carbons (Fsp3) is 0.462. The molecule has 128 valence electrons. The van der Waals surface area contributed by atoms with Crippen molar-refractivity contribution >= 4 is 18.8 Å². The molecule has 1 heterocycles. The van der Waals surface area contributed by atoms with Gasteiger partial charge < -0.3 is 0 Å². The predicted octanol–water partition coefficient (Wildman–Crippen LogP) is 6.13. The van der Waals surface area contributed by atoms with Gasteiger partial charge in [0, 0.05) is 0 Å². The zero-order valence-corrected chi connectivity index (χ0v) is 13.2. The second-order valence-corrected chi connectivity index (χ2v) is 6.87. The summed E-state index contributed by atoms with van der Waals surface area (Å²) in [6.07, 6.45) is 4.62. The van der Waals surface area contributed by atoms with E-state index in [1.54, 1.807) is 0 Å². The van der Waals surface area contributed by atoms with Crippen LogP contribution in [0.1, 0.15) is 26.7 Å². The summed E-state index contributed by atoms with van der Waals surface area (Å²) >= 11 is 0. The number of fused-ring (bicyclic) bond motifs is 1. The van der Waals surface area contributed by atoms with E-state index < -0.39 is 7.81 Å². The molecule has 1 aromatic heterocycles. The standard InChI is InChI=1S/C13H19N2.F6P/c1-3-9-14-11-15(10-4-2)13-8-6-5-7-12(13)14;1-7(2,3,4,5)6/h5-8,11H,3-4,9-10H2,1-2H3;/q+1;-1. The third-order valence-corrected chi connectivity index (χ3v) is 2.71. The van der Waals surface area contributed by atoms with Gasteiger partial charge in [0.2, 0.25) is 6.33 Å². The van der Waals surface area contributed by atoms with E-state index in [2.05, 4.69) is 53.6 Å². The molecule has 0 aliphatic heterocycles. The number of hydrogen-bond donors (Lipinski definition) is 0. The summed E-state index contributed by atoms with van der Waals surface area (Å²) < 4.78 is 63.9. The fourth-order valence-electron chi connectivity index (χ4n) is 2.08. The van der Waals surface area contributed by atoms with E-state index in [1.165, 1.54) is 23.9 Å². The Balaban J connectivity index is 0.000000295. The van der Waals surface area contributed by atoms with Gasteiger partial charge in [-0.25, -0.2) is 9.13 Å². The number of imidazole rings is 1. The number of benzene rings is 1. The van der Waals surface area contributed by atoms with Gasteiger partial charge in [-0.2, -0.15) is 0 Å². The molecule has 9 heteroatoms. The van der Waals surface area contributed by atoms with Gasteiger partial charge in [-0.05, 0) is 25.0 Å². The quantitative estimate of drug-likeness (QED) is 0.357. The van der Waals surface area contributed by atoms with Crippen LogP contribution in [0.4, 0.5) is 25.2 Å². The van der Waals surface area contributed by atoms with Gasteiger partial charge in [0.1, 0.15) is 0 Å². The summed E-state index contributed by atoms with van der Waals surface area (Å²) in [5, 5.41) is 0. The molecule has 2 rings (SSSR count). The van der Waals surface area contributed by atoms with Crippen molar-refractivity contribution in [3.63, 3.8) is 0 Å². The molecular formula is C13H19F6N2P. The molecule has 1 aromatic carbocycles. The second kappa shape index (κ2) is 5.72. The zero-order chi connectivity index (χ0) is 17.1. The van der Waals surface area contributed by atoms with Crippen LogP contribution in [0.15, 0.2) is 30.6 Å². The first kappa shape index (κ1) is 18.7. The first-order valence-corrected chi connectivity index (χ1v) is 8.88. The molecule has 0 aliphatic rings. The Bertz CT molecular complexity index is 581. The maximum atomic E-state index is 9.87. The Morgan fingerprint density at radius 2 is 1.50 bits per heavy atom. The third-order valence-electron chi connectivity index (χ3n) is 2.71. The topological polar surface area (TPSA) is 8.81 Å². The van der Waals surface area contributed by atoms with Gasteiger partial charge in [-0.15, -0.1) is 0 Å². The molecule has 0 fully saturated rings. The van der Waals surface area contributed by atoms with Gasteiger partial charge in [0.15, 0.2) is 11.0 Å². The predicted molar refractivity (Wildman–Crippen MR) is 76.3 cm³/mol. The molecule has 0 N–H and O–H groups in total. The van der Waals surface area contributed by atoms with Crippen LogP contribution in [-0.2, 0) is 13.1 Å².